The van der Waals surface area contributed by atoms with E-state index in [0.717, 1.165) is 22.5 Å². The number of hydrogen-bond donors (Lipinski definition) is 0. The maximum atomic E-state index is 5.10. The molecule has 1 aromatic heterocycles. The monoisotopic (exact) mass is 215 g/mol. The first kappa shape index (κ1) is 8.53. The van der Waals surface area contributed by atoms with Crippen LogP contribution in [0.3, 0.4) is 0 Å². The average molecular weight is 216 g/mol. The number of pyridine rings is 1. The highest BCUT2D eigenvalue weighted by Crippen LogP contribution is 2.18. The molecular formula is C8H10BrNO. The third kappa shape index (κ3) is 1.93. The molecule has 0 bridgehead atoms. The van der Waals surface area contributed by atoms with Crippen molar-refractivity contribution in [3.63, 3.8) is 0 Å². The van der Waals surface area contributed by atoms with Gasteiger partial charge in [0.25, 0.3) is 0 Å². The molecule has 0 spiro atoms. The van der Waals surface area contributed by atoms with Crippen LogP contribution in [-0.4, -0.2) is 12.1 Å². The summed E-state index contributed by atoms with van der Waals surface area (Å²) >= 11 is 3.34. The lowest BCUT2D eigenvalue weighted by molar-refractivity contribution is 0.408. The minimum Gasteiger partial charge on any atom is -0.495 e. The van der Waals surface area contributed by atoms with Gasteiger partial charge in [-0.25, -0.2) is 0 Å². The standard InChI is InChI=1S/C8H10BrNO/c1-6-3-4-8(11-2)7(5-9)10-6/h3-4H,5H2,1-2H3. The molecule has 0 amide bonds. The average Bonchev–Trinajstić information content (AvgIpc) is 2.04. The van der Waals surface area contributed by atoms with Crippen molar-refractivity contribution < 1.29 is 4.74 Å². The normalized spacial score (nSPS) is 9.73. The van der Waals surface area contributed by atoms with Gasteiger partial charge in [-0.1, -0.05) is 15.9 Å². The summed E-state index contributed by atoms with van der Waals surface area (Å²) in [5.74, 6) is 0.840. The van der Waals surface area contributed by atoms with Gasteiger partial charge in [0.1, 0.15) is 5.75 Å². The number of alkyl halides is 1. The fraction of sp³-hybridized carbons (Fsp3) is 0.375. The molecule has 1 rings (SSSR count). The van der Waals surface area contributed by atoms with Crippen LogP contribution in [0.5, 0.6) is 5.75 Å². The van der Waals surface area contributed by atoms with Gasteiger partial charge in [-0.2, -0.15) is 0 Å². The lowest BCUT2D eigenvalue weighted by Crippen LogP contribution is -1.94. The summed E-state index contributed by atoms with van der Waals surface area (Å²) in [4.78, 5) is 4.29. The third-order valence-electron chi connectivity index (χ3n) is 1.42. The van der Waals surface area contributed by atoms with Gasteiger partial charge >= 0.3 is 0 Å². The molecule has 0 saturated heterocycles. The Morgan fingerprint density at radius 3 is 2.82 bits per heavy atom. The van der Waals surface area contributed by atoms with E-state index in [-0.39, 0.29) is 0 Å². The fourth-order valence-corrected chi connectivity index (χ4v) is 1.28. The summed E-state index contributed by atoms with van der Waals surface area (Å²) in [5.41, 5.74) is 1.97. The number of methoxy groups -OCH3 is 1. The largest absolute Gasteiger partial charge is 0.495 e. The van der Waals surface area contributed by atoms with Crippen LogP contribution in [0.15, 0.2) is 12.1 Å². The molecule has 0 N–H and O–H groups in total. The van der Waals surface area contributed by atoms with Gasteiger partial charge in [-0.3, -0.25) is 4.98 Å². The molecule has 0 aliphatic rings. The molecule has 0 aliphatic heterocycles. The van der Waals surface area contributed by atoms with Crippen LogP contribution in [0.25, 0.3) is 0 Å². The highest BCUT2D eigenvalue weighted by atomic mass is 79.9. The summed E-state index contributed by atoms with van der Waals surface area (Å²) in [5, 5.41) is 0.734. The summed E-state index contributed by atoms with van der Waals surface area (Å²) in [6, 6.07) is 3.86. The predicted octanol–water partition coefficient (Wildman–Crippen LogP) is 2.29. The minimum absolute atomic E-state index is 0.734. The van der Waals surface area contributed by atoms with E-state index in [2.05, 4.69) is 20.9 Å². The minimum atomic E-state index is 0.734. The van der Waals surface area contributed by atoms with E-state index in [9.17, 15) is 0 Å². The van der Waals surface area contributed by atoms with Crippen molar-refractivity contribution in [2.75, 3.05) is 7.11 Å². The topological polar surface area (TPSA) is 22.1 Å². The van der Waals surface area contributed by atoms with E-state index in [1.54, 1.807) is 7.11 Å². The molecule has 0 radical (unpaired) electrons. The molecule has 0 fully saturated rings. The highest BCUT2D eigenvalue weighted by molar-refractivity contribution is 9.08. The Morgan fingerprint density at radius 2 is 2.27 bits per heavy atom. The van der Waals surface area contributed by atoms with Crippen molar-refractivity contribution in [2.45, 2.75) is 12.3 Å². The van der Waals surface area contributed by atoms with Crippen molar-refractivity contribution in [2.24, 2.45) is 0 Å². The Kier molecular flexibility index (Phi) is 2.88. The molecule has 1 heterocycles. The van der Waals surface area contributed by atoms with Crippen LogP contribution < -0.4 is 4.74 Å². The second kappa shape index (κ2) is 3.72. The van der Waals surface area contributed by atoms with Crippen molar-refractivity contribution in [1.29, 1.82) is 0 Å². The molecule has 0 saturated carbocycles. The zero-order chi connectivity index (χ0) is 8.27. The lowest BCUT2D eigenvalue weighted by Gasteiger charge is -2.04. The smallest absolute Gasteiger partial charge is 0.141 e. The number of halogens is 1. The first-order valence-electron chi connectivity index (χ1n) is 3.34. The van der Waals surface area contributed by atoms with Crippen LogP contribution in [-0.2, 0) is 5.33 Å². The molecular weight excluding hydrogens is 206 g/mol. The van der Waals surface area contributed by atoms with Gasteiger partial charge in [0.2, 0.25) is 0 Å². The molecule has 3 heteroatoms. The molecule has 1 aromatic rings. The van der Waals surface area contributed by atoms with Crippen molar-refractivity contribution >= 4 is 15.9 Å². The summed E-state index contributed by atoms with van der Waals surface area (Å²) in [6.45, 7) is 1.96. The van der Waals surface area contributed by atoms with Gasteiger partial charge in [-0.05, 0) is 19.1 Å². The molecule has 0 atom stereocenters. The molecule has 0 unspecified atom stereocenters. The van der Waals surface area contributed by atoms with Crippen LogP contribution >= 0.6 is 15.9 Å². The van der Waals surface area contributed by atoms with Gasteiger partial charge < -0.3 is 4.74 Å². The second-order valence-corrected chi connectivity index (χ2v) is 2.80. The summed E-state index contributed by atoms with van der Waals surface area (Å²) in [6.07, 6.45) is 0. The maximum Gasteiger partial charge on any atom is 0.141 e. The fourth-order valence-electron chi connectivity index (χ4n) is 0.879. The molecule has 0 aromatic carbocycles. The quantitative estimate of drug-likeness (QED) is 0.707. The van der Waals surface area contributed by atoms with Gasteiger partial charge in [0.15, 0.2) is 0 Å². The zero-order valence-electron chi connectivity index (χ0n) is 6.60. The lowest BCUT2D eigenvalue weighted by atomic mass is 10.3. The third-order valence-corrected chi connectivity index (χ3v) is 1.95. The van der Waals surface area contributed by atoms with Crippen LogP contribution in [0.4, 0.5) is 0 Å². The SMILES string of the molecule is COc1ccc(C)nc1CBr. The van der Waals surface area contributed by atoms with E-state index in [1.165, 1.54) is 0 Å². The summed E-state index contributed by atoms with van der Waals surface area (Å²) < 4.78 is 5.10. The van der Waals surface area contributed by atoms with Crippen molar-refractivity contribution in [1.82, 2.24) is 4.98 Å². The van der Waals surface area contributed by atoms with E-state index >= 15 is 0 Å². The van der Waals surface area contributed by atoms with Crippen molar-refractivity contribution in [3.05, 3.63) is 23.5 Å². The zero-order valence-corrected chi connectivity index (χ0v) is 8.18. The Hall–Kier alpha value is -0.570. The van der Waals surface area contributed by atoms with Crippen LogP contribution in [0, 0.1) is 6.92 Å². The van der Waals surface area contributed by atoms with Gasteiger partial charge in [-0.15, -0.1) is 0 Å². The summed E-state index contributed by atoms with van der Waals surface area (Å²) in [7, 11) is 1.65. The first-order chi connectivity index (χ1) is 5.27. The number of aromatic nitrogens is 1. The maximum absolute atomic E-state index is 5.10. The van der Waals surface area contributed by atoms with E-state index in [4.69, 9.17) is 4.74 Å². The Labute approximate surface area is 74.7 Å². The van der Waals surface area contributed by atoms with E-state index in [0.29, 0.717) is 0 Å². The van der Waals surface area contributed by atoms with Crippen LogP contribution in [0.1, 0.15) is 11.4 Å². The predicted molar refractivity (Wildman–Crippen MR) is 48.2 cm³/mol. The Bertz CT molecular complexity index is 250. The molecule has 60 valence electrons. The number of ether oxygens (including phenoxy) is 1. The molecule has 0 aliphatic carbocycles. The van der Waals surface area contributed by atoms with Crippen molar-refractivity contribution in [3.8, 4) is 5.75 Å². The number of rotatable bonds is 2. The van der Waals surface area contributed by atoms with E-state index < -0.39 is 0 Å². The molecule has 11 heavy (non-hydrogen) atoms. The van der Waals surface area contributed by atoms with E-state index in [1.807, 2.05) is 19.1 Å². The van der Waals surface area contributed by atoms with Gasteiger partial charge in [0, 0.05) is 11.0 Å². The Balaban J connectivity index is 3.06. The number of hydrogen-bond acceptors (Lipinski definition) is 2. The second-order valence-electron chi connectivity index (χ2n) is 2.24. The number of aryl methyl sites for hydroxylation is 1. The highest BCUT2D eigenvalue weighted by Gasteiger charge is 2.01. The molecule has 2 nitrogen and oxygen atoms in total. The Morgan fingerprint density at radius 1 is 1.55 bits per heavy atom. The van der Waals surface area contributed by atoms with Crippen LogP contribution in [0.2, 0.25) is 0 Å². The van der Waals surface area contributed by atoms with Gasteiger partial charge in [0.05, 0.1) is 12.8 Å². The number of nitrogens with zero attached hydrogens (tertiary/aromatic N) is 1. The first-order valence-corrected chi connectivity index (χ1v) is 4.46.